The van der Waals surface area contributed by atoms with Crippen molar-refractivity contribution in [1.82, 2.24) is 4.72 Å². The molecule has 0 saturated heterocycles. The third kappa shape index (κ3) is 4.06. The van der Waals surface area contributed by atoms with Gasteiger partial charge in [0.2, 0.25) is 10.0 Å². The third-order valence-corrected chi connectivity index (χ3v) is 6.36. The largest absolute Gasteiger partial charge is 0.240 e. The maximum Gasteiger partial charge on any atom is 0.240 e. The van der Waals surface area contributed by atoms with Crippen molar-refractivity contribution in [3.05, 3.63) is 28.2 Å². The predicted molar refractivity (Wildman–Crippen MR) is 85.2 cm³/mol. The molecule has 5 heteroatoms. The molecule has 1 N–H and O–H groups in total. The van der Waals surface area contributed by atoms with E-state index in [1.54, 1.807) is 18.2 Å². The van der Waals surface area contributed by atoms with Gasteiger partial charge in [0, 0.05) is 11.0 Å². The topological polar surface area (TPSA) is 46.2 Å². The van der Waals surface area contributed by atoms with Gasteiger partial charge in [0.25, 0.3) is 0 Å². The molecule has 1 aliphatic carbocycles. The zero-order valence-corrected chi connectivity index (χ0v) is 14.4. The van der Waals surface area contributed by atoms with Gasteiger partial charge in [-0.15, -0.1) is 0 Å². The number of aryl methyl sites for hydroxylation is 1. The summed E-state index contributed by atoms with van der Waals surface area (Å²) in [6.45, 7) is 4.70. The standard InChI is InChI=1S/C15H22BrNO2S/c1-11-4-3-5-13(8-11)10-17-20(18,19)14-6-7-15(16)12(2)9-14/h6-7,9,11,13,17H,3-5,8,10H2,1-2H3. The van der Waals surface area contributed by atoms with E-state index in [1.807, 2.05) is 6.92 Å². The fourth-order valence-corrected chi connectivity index (χ4v) is 4.29. The number of benzene rings is 1. The monoisotopic (exact) mass is 359 g/mol. The van der Waals surface area contributed by atoms with E-state index in [9.17, 15) is 8.42 Å². The highest BCUT2D eigenvalue weighted by atomic mass is 79.9. The summed E-state index contributed by atoms with van der Waals surface area (Å²) in [6, 6.07) is 5.13. The molecule has 0 aromatic heterocycles. The molecule has 20 heavy (non-hydrogen) atoms. The summed E-state index contributed by atoms with van der Waals surface area (Å²) >= 11 is 3.39. The zero-order chi connectivity index (χ0) is 14.8. The van der Waals surface area contributed by atoms with Gasteiger partial charge < -0.3 is 0 Å². The highest BCUT2D eigenvalue weighted by Crippen LogP contribution is 2.28. The average Bonchev–Trinajstić information content (AvgIpc) is 2.40. The van der Waals surface area contributed by atoms with E-state index in [0.717, 1.165) is 22.9 Å². The Labute approximate surface area is 130 Å². The van der Waals surface area contributed by atoms with Crippen molar-refractivity contribution in [2.24, 2.45) is 11.8 Å². The first-order chi connectivity index (χ1) is 9.38. The molecule has 1 aliphatic rings. The molecule has 1 aromatic rings. The van der Waals surface area contributed by atoms with Crippen LogP contribution in [0.1, 0.15) is 38.2 Å². The van der Waals surface area contributed by atoms with E-state index >= 15 is 0 Å². The minimum absolute atomic E-state index is 0.349. The first-order valence-electron chi connectivity index (χ1n) is 7.14. The molecule has 1 aromatic carbocycles. The number of hydrogen-bond donors (Lipinski definition) is 1. The Morgan fingerprint density at radius 2 is 2.10 bits per heavy atom. The number of halogens is 1. The van der Waals surface area contributed by atoms with Crippen molar-refractivity contribution >= 4 is 26.0 Å². The van der Waals surface area contributed by atoms with Crippen LogP contribution in [0.2, 0.25) is 0 Å². The van der Waals surface area contributed by atoms with E-state index in [4.69, 9.17) is 0 Å². The van der Waals surface area contributed by atoms with Crippen LogP contribution in [0.3, 0.4) is 0 Å². The Bertz CT molecular complexity index is 571. The van der Waals surface area contributed by atoms with Crippen LogP contribution >= 0.6 is 15.9 Å². The molecule has 3 nitrogen and oxygen atoms in total. The summed E-state index contributed by atoms with van der Waals surface area (Å²) in [6.07, 6.45) is 4.74. The Kier molecular flexibility index (Phi) is 5.26. The molecule has 2 rings (SSSR count). The Balaban J connectivity index is 2.01. The molecule has 1 fully saturated rings. The summed E-state index contributed by atoms with van der Waals surface area (Å²) in [5, 5.41) is 0. The van der Waals surface area contributed by atoms with Crippen LogP contribution in [0.15, 0.2) is 27.6 Å². The van der Waals surface area contributed by atoms with E-state index in [0.29, 0.717) is 23.3 Å². The van der Waals surface area contributed by atoms with Crippen molar-refractivity contribution in [2.45, 2.75) is 44.4 Å². The van der Waals surface area contributed by atoms with Crippen LogP contribution in [-0.2, 0) is 10.0 Å². The Morgan fingerprint density at radius 1 is 1.35 bits per heavy atom. The number of sulfonamides is 1. The molecule has 0 bridgehead atoms. The molecule has 0 aliphatic heterocycles. The third-order valence-electron chi connectivity index (χ3n) is 4.05. The van der Waals surface area contributed by atoms with Gasteiger partial charge in [0.05, 0.1) is 4.90 Å². The van der Waals surface area contributed by atoms with Gasteiger partial charge in [-0.3, -0.25) is 0 Å². The molecule has 2 unspecified atom stereocenters. The van der Waals surface area contributed by atoms with Gasteiger partial charge in [-0.25, -0.2) is 13.1 Å². The van der Waals surface area contributed by atoms with E-state index in [-0.39, 0.29) is 0 Å². The van der Waals surface area contributed by atoms with Crippen LogP contribution in [0.25, 0.3) is 0 Å². The summed E-state index contributed by atoms with van der Waals surface area (Å²) in [5.41, 5.74) is 0.930. The molecule has 0 radical (unpaired) electrons. The second kappa shape index (κ2) is 6.58. The molecule has 0 heterocycles. The highest BCUT2D eigenvalue weighted by Gasteiger charge is 2.22. The molecule has 0 amide bonds. The summed E-state index contributed by atoms with van der Waals surface area (Å²) in [5.74, 6) is 1.19. The first kappa shape index (κ1) is 16.0. The van der Waals surface area contributed by atoms with Crippen LogP contribution in [0.4, 0.5) is 0 Å². The lowest BCUT2D eigenvalue weighted by molar-refractivity contribution is 0.283. The van der Waals surface area contributed by atoms with Crippen LogP contribution in [0.5, 0.6) is 0 Å². The van der Waals surface area contributed by atoms with Gasteiger partial charge >= 0.3 is 0 Å². The van der Waals surface area contributed by atoms with E-state index < -0.39 is 10.0 Å². The van der Waals surface area contributed by atoms with Crippen LogP contribution in [-0.4, -0.2) is 15.0 Å². The maximum atomic E-state index is 12.3. The zero-order valence-electron chi connectivity index (χ0n) is 12.0. The normalized spacial score (nSPS) is 23.8. The highest BCUT2D eigenvalue weighted by molar-refractivity contribution is 9.10. The minimum atomic E-state index is -3.39. The minimum Gasteiger partial charge on any atom is -0.211 e. The Morgan fingerprint density at radius 3 is 2.75 bits per heavy atom. The molecule has 1 saturated carbocycles. The van der Waals surface area contributed by atoms with Gasteiger partial charge in [-0.05, 0) is 55.4 Å². The molecule has 112 valence electrons. The predicted octanol–water partition coefficient (Wildman–Crippen LogP) is 3.86. The molecule has 2 atom stereocenters. The molecular weight excluding hydrogens is 338 g/mol. The maximum absolute atomic E-state index is 12.3. The summed E-state index contributed by atoms with van der Waals surface area (Å²) in [4.78, 5) is 0.349. The molecule has 0 spiro atoms. The van der Waals surface area contributed by atoms with Crippen molar-refractivity contribution in [3.8, 4) is 0 Å². The van der Waals surface area contributed by atoms with Crippen LogP contribution in [0, 0.1) is 18.8 Å². The quantitative estimate of drug-likeness (QED) is 0.886. The number of rotatable bonds is 4. The summed E-state index contributed by atoms with van der Waals surface area (Å²) < 4.78 is 28.3. The van der Waals surface area contributed by atoms with Crippen molar-refractivity contribution in [3.63, 3.8) is 0 Å². The SMILES string of the molecule is Cc1cc(S(=O)(=O)NCC2CCCC(C)C2)ccc1Br. The van der Waals surface area contributed by atoms with Crippen molar-refractivity contribution in [1.29, 1.82) is 0 Å². The van der Waals surface area contributed by atoms with Gasteiger partial charge in [-0.2, -0.15) is 0 Å². The van der Waals surface area contributed by atoms with Crippen LogP contribution < -0.4 is 4.72 Å². The average molecular weight is 360 g/mol. The van der Waals surface area contributed by atoms with E-state index in [1.165, 1.54) is 12.8 Å². The molecular formula is C15H22BrNO2S. The van der Waals surface area contributed by atoms with Gasteiger partial charge in [0.1, 0.15) is 0 Å². The smallest absolute Gasteiger partial charge is 0.211 e. The van der Waals surface area contributed by atoms with Gasteiger partial charge in [0.15, 0.2) is 0 Å². The lowest BCUT2D eigenvalue weighted by Crippen LogP contribution is -2.31. The summed E-state index contributed by atoms with van der Waals surface area (Å²) in [7, 11) is -3.39. The lowest BCUT2D eigenvalue weighted by Gasteiger charge is -2.26. The lowest BCUT2D eigenvalue weighted by atomic mass is 9.83. The first-order valence-corrected chi connectivity index (χ1v) is 9.42. The fourth-order valence-electron chi connectivity index (χ4n) is 2.84. The van der Waals surface area contributed by atoms with Crippen molar-refractivity contribution in [2.75, 3.05) is 6.54 Å². The number of nitrogens with one attached hydrogen (secondary N) is 1. The van der Waals surface area contributed by atoms with Gasteiger partial charge in [-0.1, -0.05) is 35.7 Å². The second-order valence-corrected chi connectivity index (χ2v) is 8.52. The Hall–Kier alpha value is -0.390. The number of hydrogen-bond acceptors (Lipinski definition) is 2. The second-order valence-electron chi connectivity index (χ2n) is 5.90. The van der Waals surface area contributed by atoms with E-state index in [2.05, 4.69) is 27.6 Å². The fraction of sp³-hybridized carbons (Fsp3) is 0.600. The van der Waals surface area contributed by atoms with Crippen molar-refractivity contribution < 1.29 is 8.42 Å².